The number of rotatable bonds is 6. The fourth-order valence-corrected chi connectivity index (χ4v) is 5.76. The van der Waals surface area contributed by atoms with Crippen molar-refractivity contribution in [2.24, 2.45) is 4.99 Å². The summed E-state index contributed by atoms with van der Waals surface area (Å²) in [4.78, 5) is 23.4. The van der Waals surface area contributed by atoms with Crippen molar-refractivity contribution in [2.75, 3.05) is 10.7 Å². The first-order chi connectivity index (χ1) is 21.9. The number of aliphatic imine (C=N–C) groups is 1. The molecule has 8 nitrogen and oxygen atoms in total. The molecule has 1 N–H and O–H groups in total. The smallest absolute Gasteiger partial charge is 0.406 e. The van der Waals surface area contributed by atoms with Crippen LogP contribution in [0.1, 0.15) is 43.4 Å². The summed E-state index contributed by atoms with van der Waals surface area (Å²) in [5.41, 5.74) is 4.99. The second-order valence-electron chi connectivity index (χ2n) is 10.7. The Bertz CT molecular complexity index is 1840. The average Bonchev–Trinajstić information content (AvgIpc) is 3.63. The molecule has 3 aromatic carbocycles. The summed E-state index contributed by atoms with van der Waals surface area (Å²) in [7, 11) is 0. The quantitative estimate of drug-likeness (QED) is 0.176. The highest BCUT2D eigenvalue weighted by Gasteiger charge is 2.32. The Morgan fingerprint density at radius 3 is 2.48 bits per heavy atom. The lowest BCUT2D eigenvalue weighted by Crippen LogP contribution is -2.34. The van der Waals surface area contributed by atoms with Crippen LogP contribution in [0.2, 0.25) is 0 Å². The van der Waals surface area contributed by atoms with Gasteiger partial charge in [-0.05, 0) is 97.7 Å². The number of carbonyl (C=O) groups excluding carboxylic acids is 1. The molecule has 1 unspecified atom stereocenters. The SMILES string of the molecule is Cc1ccc(C(C)C)c(N2C(=O)CS/C2=N\C(=S)NC(C)C#Cc2ccc(-c3ncn(-c4ccc(OC(F)(F)F)cc4)n3)cc2)c1. The number of anilines is 1. The highest BCUT2D eigenvalue weighted by molar-refractivity contribution is 8.15. The van der Waals surface area contributed by atoms with Gasteiger partial charge in [-0.15, -0.1) is 18.3 Å². The van der Waals surface area contributed by atoms with Gasteiger partial charge in [-0.25, -0.2) is 9.67 Å². The van der Waals surface area contributed by atoms with Crippen LogP contribution in [0.25, 0.3) is 17.1 Å². The number of nitrogens with zero attached hydrogens (tertiary/aromatic N) is 5. The molecular formula is C33H29F3N6O2S2. The molecule has 0 saturated carbocycles. The molecule has 5 rings (SSSR count). The number of benzene rings is 3. The summed E-state index contributed by atoms with van der Waals surface area (Å²) in [6, 6.07) is 18.5. The molecule has 2 heterocycles. The van der Waals surface area contributed by atoms with E-state index >= 15 is 0 Å². The minimum absolute atomic E-state index is 0.0362. The summed E-state index contributed by atoms with van der Waals surface area (Å²) < 4.78 is 42.6. The van der Waals surface area contributed by atoms with Crippen LogP contribution in [0.4, 0.5) is 18.9 Å². The molecule has 1 atom stereocenters. The van der Waals surface area contributed by atoms with Crippen LogP contribution in [-0.2, 0) is 4.79 Å². The largest absolute Gasteiger partial charge is 0.573 e. The van der Waals surface area contributed by atoms with Crippen LogP contribution < -0.4 is 15.0 Å². The molecule has 0 radical (unpaired) electrons. The third kappa shape index (κ3) is 8.13. The van der Waals surface area contributed by atoms with Crippen molar-refractivity contribution in [1.29, 1.82) is 0 Å². The Kier molecular flexibility index (Phi) is 9.79. The van der Waals surface area contributed by atoms with Gasteiger partial charge in [0.25, 0.3) is 0 Å². The van der Waals surface area contributed by atoms with Gasteiger partial charge in [0.1, 0.15) is 12.1 Å². The van der Waals surface area contributed by atoms with E-state index in [9.17, 15) is 18.0 Å². The van der Waals surface area contributed by atoms with Crippen molar-refractivity contribution in [3.8, 4) is 34.7 Å². The first kappa shape index (κ1) is 32.7. The molecular weight excluding hydrogens is 634 g/mol. The lowest BCUT2D eigenvalue weighted by atomic mass is 9.99. The number of alkyl halides is 3. The molecule has 1 saturated heterocycles. The number of thioether (sulfide) groups is 1. The Morgan fingerprint density at radius 1 is 1.09 bits per heavy atom. The zero-order chi connectivity index (χ0) is 33.0. The third-order valence-electron chi connectivity index (χ3n) is 6.75. The van der Waals surface area contributed by atoms with E-state index in [0.29, 0.717) is 22.4 Å². The Labute approximate surface area is 274 Å². The standard InChI is InChI=1S/C33H29F3N6O2S2/c1-20(2)27-16-5-21(3)17-28(27)42-29(43)18-46-32(42)39-31(45)38-22(4)6-7-23-8-10-24(11-9-23)30-37-19-41(40-30)25-12-14-26(15-13-25)44-33(34,35)36/h5,8-17,19-20,22H,18H2,1-4H3,(H,38,45)/b39-32-. The Hall–Kier alpha value is -4.67. The van der Waals surface area contributed by atoms with E-state index in [0.717, 1.165) is 27.9 Å². The zero-order valence-electron chi connectivity index (χ0n) is 25.3. The van der Waals surface area contributed by atoms with Crippen molar-refractivity contribution in [3.63, 3.8) is 0 Å². The summed E-state index contributed by atoms with van der Waals surface area (Å²) in [5, 5.41) is 8.31. The fourth-order valence-electron chi connectivity index (χ4n) is 4.57. The molecule has 236 valence electrons. The number of amides is 1. The van der Waals surface area contributed by atoms with Gasteiger partial charge < -0.3 is 10.1 Å². The van der Waals surface area contributed by atoms with E-state index in [1.165, 1.54) is 47.0 Å². The molecule has 0 spiro atoms. The third-order valence-corrected chi connectivity index (χ3v) is 7.89. The number of halogens is 3. The molecule has 0 aliphatic carbocycles. The predicted octanol–water partition coefficient (Wildman–Crippen LogP) is 7.02. The van der Waals surface area contributed by atoms with Gasteiger partial charge in [0.15, 0.2) is 16.1 Å². The molecule has 1 aliphatic rings. The van der Waals surface area contributed by atoms with Gasteiger partial charge >= 0.3 is 6.36 Å². The molecule has 0 bridgehead atoms. The second-order valence-corrected chi connectivity index (χ2v) is 12.0. The molecule has 1 aromatic heterocycles. The average molecular weight is 663 g/mol. The molecule has 13 heteroatoms. The highest BCUT2D eigenvalue weighted by atomic mass is 32.2. The van der Waals surface area contributed by atoms with Crippen LogP contribution in [0.3, 0.4) is 0 Å². The van der Waals surface area contributed by atoms with Crippen LogP contribution in [0, 0.1) is 18.8 Å². The van der Waals surface area contributed by atoms with E-state index in [4.69, 9.17) is 12.2 Å². The Morgan fingerprint density at radius 2 is 1.80 bits per heavy atom. The summed E-state index contributed by atoms with van der Waals surface area (Å²) in [6.45, 7) is 8.05. The number of aryl methyl sites for hydroxylation is 1. The van der Waals surface area contributed by atoms with E-state index in [1.807, 2.05) is 50.2 Å². The monoisotopic (exact) mass is 662 g/mol. The number of carbonyl (C=O) groups is 1. The topological polar surface area (TPSA) is 84.6 Å². The summed E-state index contributed by atoms with van der Waals surface area (Å²) >= 11 is 6.86. The number of nitrogens with one attached hydrogen (secondary N) is 1. The minimum Gasteiger partial charge on any atom is -0.406 e. The predicted molar refractivity (Wildman–Crippen MR) is 178 cm³/mol. The van der Waals surface area contributed by atoms with Crippen LogP contribution in [-0.4, -0.2) is 49.1 Å². The first-order valence-corrected chi connectivity index (χ1v) is 15.6. The van der Waals surface area contributed by atoms with E-state index in [-0.39, 0.29) is 28.7 Å². The Balaban J connectivity index is 1.21. The maximum Gasteiger partial charge on any atom is 0.573 e. The van der Waals surface area contributed by atoms with Crippen LogP contribution in [0.15, 0.2) is 78.0 Å². The van der Waals surface area contributed by atoms with Gasteiger partial charge in [-0.3, -0.25) is 9.69 Å². The number of hydrogen-bond acceptors (Lipinski definition) is 6. The maximum absolute atomic E-state index is 12.9. The molecule has 1 aliphatic heterocycles. The minimum atomic E-state index is -4.76. The number of aromatic nitrogens is 3. The van der Waals surface area contributed by atoms with Crippen LogP contribution in [0.5, 0.6) is 5.75 Å². The number of ether oxygens (including phenoxy) is 1. The van der Waals surface area contributed by atoms with Gasteiger partial charge in [0.2, 0.25) is 5.91 Å². The van der Waals surface area contributed by atoms with Gasteiger partial charge in [-0.1, -0.05) is 49.6 Å². The van der Waals surface area contributed by atoms with E-state index in [2.05, 4.69) is 56.9 Å². The second kappa shape index (κ2) is 13.8. The molecule has 46 heavy (non-hydrogen) atoms. The van der Waals surface area contributed by atoms with Crippen molar-refractivity contribution >= 4 is 45.9 Å². The van der Waals surface area contributed by atoms with Crippen LogP contribution >= 0.6 is 24.0 Å². The molecule has 1 amide bonds. The summed E-state index contributed by atoms with van der Waals surface area (Å²) in [6.07, 6.45) is -3.28. The highest BCUT2D eigenvalue weighted by Crippen LogP contribution is 2.34. The van der Waals surface area contributed by atoms with Crippen molar-refractivity contribution < 1.29 is 22.7 Å². The lowest BCUT2D eigenvalue weighted by molar-refractivity contribution is -0.274. The normalized spacial score (nSPS) is 14.7. The van der Waals surface area contributed by atoms with Gasteiger partial charge in [0.05, 0.1) is 23.2 Å². The van der Waals surface area contributed by atoms with E-state index < -0.39 is 6.36 Å². The van der Waals surface area contributed by atoms with E-state index in [1.54, 1.807) is 4.90 Å². The van der Waals surface area contributed by atoms with Crippen molar-refractivity contribution in [1.82, 2.24) is 20.1 Å². The molecule has 4 aromatic rings. The number of hydrogen-bond donors (Lipinski definition) is 1. The van der Waals surface area contributed by atoms with Gasteiger partial charge in [0, 0.05) is 11.1 Å². The number of amidine groups is 1. The number of thiocarbonyl (C=S) groups is 1. The fraction of sp³-hybridized carbons (Fsp3) is 0.242. The zero-order valence-corrected chi connectivity index (χ0v) is 26.9. The van der Waals surface area contributed by atoms with Crippen molar-refractivity contribution in [3.05, 3.63) is 89.7 Å². The molecule has 1 fully saturated rings. The lowest BCUT2D eigenvalue weighted by Gasteiger charge is -2.22. The maximum atomic E-state index is 12.9. The summed E-state index contributed by atoms with van der Waals surface area (Å²) in [5.74, 6) is 6.85. The first-order valence-electron chi connectivity index (χ1n) is 14.2. The van der Waals surface area contributed by atoms with Gasteiger partial charge in [-0.2, -0.15) is 4.99 Å². The van der Waals surface area contributed by atoms with Crippen molar-refractivity contribution in [2.45, 2.75) is 46.0 Å².